The molecule has 0 aliphatic rings. The van der Waals surface area contributed by atoms with Gasteiger partial charge in [-0.3, -0.25) is 0 Å². The first kappa shape index (κ1) is 14.3. The van der Waals surface area contributed by atoms with Crippen molar-refractivity contribution in [3.63, 3.8) is 0 Å². The predicted octanol–water partition coefficient (Wildman–Crippen LogP) is 2.84. The van der Waals surface area contributed by atoms with Crippen molar-refractivity contribution in [2.45, 2.75) is 26.1 Å². The summed E-state index contributed by atoms with van der Waals surface area (Å²) >= 11 is 0. The fourth-order valence-electron chi connectivity index (χ4n) is 1.37. The molecule has 0 fully saturated rings. The summed E-state index contributed by atoms with van der Waals surface area (Å²) in [5, 5.41) is 9.85. The van der Waals surface area contributed by atoms with Crippen LogP contribution in [0.5, 0.6) is 0 Å². The Labute approximate surface area is 107 Å². The molecule has 0 radical (unpaired) electrons. The zero-order valence-electron chi connectivity index (χ0n) is 10.6. The minimum atomic E-state index is -0.709. The van der Waals surface area contributed by atoms with E-state index in [1.807, 2.05) is 30.3 Å². The van der Waals surface area contributed by atoms with Gasteiger partial charge in [-0.15, -0.1) is 0 Å². The number of ether oxygens (including phenoxy) is 2. The van der Waals surface area contributed by atoms with Crippen molar-refractivity contribution in [2.24, 2.45) is 0 Å². The van der Waals surface area contributed by atoms with Gasteiger partial charge in [0.25, 0.3) is 0 Å². The van der Waals surface area contributed by atoms with Crippen LogP contribution in [0.3, 0.4) is 0 Å². The third-order valence-corrected chi connectivity index (χ3v) is 2.25. The van der Waals surface area contributed by atoms with E-state index >= 15 is 0 Å². The van der Waals surface area contributed by atoms with Crippen LogP contribution < -0.4 is 0 Å². The van der Waals surface area contributed by atoms with Crippen LogP contribution in [0.15, 0.2) is 42.5 Å². The number of hydrogen-bond donors (Lipinski definition) is 1. The van der Waals surface area contributed by atoms with Crippen LogP contribution in [-0.2, 0) is 9.47 Å². The van der Waals surface area contributed by atoms with Crippen LogP contribution >= 0.6 is 0 Å². The van der Waals surface area contributed by atoms with Crippen molar-refractivity contribution in [1.82, 2.24) is 0 Å². The molecule has 0 unspecified atom stereocenters. The maximum atomic E-state index is 11.0. The molecule has 4 nitrogen and oxygen atoms in total. The van der Waals surface area contributed by atoms with Crippen molar-refractivity contribution in [1.29, 1.82) is 0 Å². The summed E-state index contributed by atoms with van der Waals surface area (Å²) in [5.41, 5.74) is 0.789. The average Bonchev–Trinajstić information content (AvgIpc) is 2.37. The fourth-order valence-corrected chi connectivity index (χ4v) is 1.37. The van der Waals surface area contributed by atoms with E-state index < -0.39 is 18.4 Å². The molecule has 0 aliphatic heterocycles. The molecular weight excluding hydrogens is 232 g/mol. The molecule has 0 spiro atoms. The normalized spacial score (nSPS) is 14.2. The van der Waals surface area contributed by atoms with Crippen LogP contribution in [0.4, 0.5) is 4.79 Å². The molecule has 1 rings (SSSR count). The molecule has 0 bridgehead atoms. The summed E-state index contributed by atoms with van der Waals surface area (Å²) in [6.07, 6.45) is 1.35. The van der Waals surface area contributed by atoms with E-state index in [0.717, 1.165) is 5.56 Å². The van der Waals surface area contributed by atoms with E-state index in [9.17, 15) is 9.90 Å². The topological polar surface area (TPSA) is 55.8 Å². The quantitative estimate of drug-likeness (QED) is 0.645. The number of aliphatic hydroxyl groups is 1. The number of aliphatic hydroxyl groups excluding tert-OH is 1. The van der Waals surface area contributed by atoms with Crippen molar-refractivity contribution < 1.29 is 19.4 Å². The van der Waals surface area contributed by atoms with Crippen LogP contribution in [-0.4, -0.2) is 24.0 Å². The molecule has 1 aromatic carbocycles. The highest BCUT2D eigenvalue weighted by Crippen LogP contribution is 2.13. The Hall–Kier alpha value is -1.81. The van der Waals surface area contributed by atoms with E-state index in [0.29, 0.717) is 0 Å². The first-order valence-electron chi connectivity index (χ1n) is 5.88. The summed E-state index contributed by atoms with van der Waals surface area (Å²) in [4.78, 5) is 11.0. The van der Waals surface area contributed by atoms with Crippen LogP contribution in [0.2, 0.25) is 0 Å². The Morgan fingerprint density at radius 3 is 2.61 bits per heavy atom. The van der Waals surface area contributed by atoms with Crippen molar-refractivity contribution in [3.8, 4) is 0 Å². The van der Waals surface area contributed by atoms with Gasteiger partial charge in [-0.2, -0.15) is 0 Å². The molecule has 0 aliphatic carbocycles. The minimum Gasteiger partial charge on any atom is -0.435 e. The second-order valence-electron chi connectivity index (χ2n) is 3.75. The maximum Gasteiger partial charge on any atom is 0.508 e. The van der Waals surface area contributed by atoms with Crippen LogP contribution in [0.25, 0.3) is 0 Å². The SMILES string of the molecule is CCOC(=O)O[C@@H](C)/C=C\[C@H](O)c1ccccc1. The highest BCUT2D eigenvalue weighted by molar-refractivity contribution is 5.60. The summed E-state index contributed by atoms with van der Waals surface area (Å²) in [6, 6.07) is 9.24. The summed E-state index contributed by atoms with van der Waals surface area (Å²) < 4.78 is 9.56. The van der Waals surface area contributed by atoms with Crippen LogP contribution in [0.1, 0.15) is 25.5 Å². The Kier molecular flexibility index (Phi) is 5.94. The van der Waals surface area contributed by atoms with Gasteiger partial charge in [-0.1, -0.05) is 36.4 Å². The van der Waals surface area contributed by atoms with Crippen molar-refractivity contribution in [3.05, 3.63) is 48.0 Å². The highest BCUT2D eigenvalue weighted by Gasteiger charge is 2.08. The van der Waals surface area contributed by atoms with Gasteiger partial charge in [0, 0.05) is 0 Å². The van der Waals surface area contributed by atoms with E-state index in [4.69, 9.17) is 4.74 Å². The van der Waals surface area contributed by atoms with E-state index in [1.54, 1.807) is 26.0 Å². The molecule has 0 saturated heterocycles. The lowest BCUT2D eigenvalue weighted by atomic mass is 10.1. The zero-order chi connectivity index (χ0) is 13.4. The zero-order valence-corrected chi connectivity index (χ0v) is 10.6. The van der Waals surface area contributed by atoms with Crippen molar-refractivity contribution >= 4 is 6.16 Å². The molecule has 4 heteroatoms. The number of carbonyl (C=O) groups excluding carboxylic acids is 1. The Morgan fingerprint density at radius 1 is 1.33 bits per heavy atom. The molecule has 0 saturated carbocycles. The van der Waals surface area contributed by atoms with Gasteiger partial charge in [0.05, 0.1) is 12.7 Å². The molecule has 0 heterocycles. The first-order chi connectivity index (χ1) is 8.63. The molecule has 2 atom stereocenters. The average molecular weight is 250 g/mol. The number of hydrogen-bond acceptors (Lipinski definition) is 4. The lowest BCUT2D eigenvalue weighted by molar-refractivity contribution is 0.0450. The van der Waals surface area contributed by atoms with Crippen molar-refractivity contribution in [2.75, 3.05) is 6.61 Å². The van der Waals surface area contributed by atoms with Gasteiger partial charge in [0.1, 0.15) is 6.10 Å². The van der Waals surface area contributed by atoms with Gasteiger partial charge in [0.15, 0.2) is 0 Å². The molecule has 0 amide bonds. The lowest BCUT2D eigenvalue weighted by Crippen LogP contribution is -2.14. The molecule has 0 aromatic heterocycles. The van der Waals surface area contributed by atoms with E-state index in [-0.39, 0.29) is 6.61 Å². The van der Waals surface area contributed by atoms with E-state index in [2.05, 4.69) is 4.74 Å². The highest BCUT2D eigenvalue weighted by atomic mass is 16.7. The third-order valence-electron chi connectivity index (χ3n) is 2.25. The Balaban J connectivity index is 2.46. The van der Waals surface area contributed by atoms with Gasteiger partial charge in [-0.25, -0.2) is 4.79 Å². The Bertz CT molecular complexity index is 386. The molecule has 1 N–H and O–H groups in total. The number of rotatable bonds is 5. The molecule has 18 heavy (non-hydrogen) atoms. The van der Waals surface area contributed by atoms with Gasteiger partial charge in [0.2, 0.25) is 0 Å². The number of carbonyl (C=O) groups is 1. The minimum absolute atomic E-state index is 0.280. The standard InChI is InChI=1S/C14H18O4/c1-3-17-14(16)18-11(2)9-10-13(15)12-7-5-4-6-8-12/h4-11,13,15H,3H2,1-2H3/b10-9-/t11-,13-/m0/s1. The fraction of sp³-hybridized carbons (Fsp3) is 0.357. The molecule has 1 aromatic rings. The number of benzene rings is 1. The predicted molar refractivity (Wildman–Crippen MR) is 68.1 cm³/mol. The van der Waals surface area contributed by atoms with E-state index in [1.165, 1.54) is 0 Å². The smallest absolute Gasteiger partial charge is 0.435 e. The molecule has 98 valence electrons. The first-order valence-corrected chi connectivity index (χ1v) is 5.88. The summed E-state index contributed by atoms with van der Waals surface area (Å²) in [6.45, 7) is 3.69. The summed E-state index contributed by atoms with van der Waals surface area (Å²) in [5.74, 6) is 0. The van der Waals surface area contributed by atoms with Gasteiger partial charge >= 0.3 is 6.16 Å². The Morgan fingerprint density at radius 2 is 2.00 bits per heavy atom. The van der Waals surface area contributed by atoms with Crippen LogP contribution in [0, 0.1) is 0 Å². The second-order valence-corrected chi connectivity index (χ2v) is 3.75. The molecular formula is C14H18O4. The largest absolute Gasteiger partial charge is 0.508 e. The maximum absolute atomic E-state index is 11.0. The second kappa shape index (κ2) is 7.50. The third kappa shape index (κ3) is 5.01. The lowest BCUT2D eigenvalue weighted by Gasteiger charge is -2.10. The monoisotopic (exact) mass is 250 g/mol. The van der Waals surface area contributed by atoms with Gasteiger partial charge < -0.3 is 14.6 Å². The summed E-state index contributed by atoms with van der Waals surface area (Å²) in [7, 11) is 0. The van der Waals surface area contributed by atoms with Gasteiger partial charge in [-0.05, 0) is 25.5 Å².